The van der Waals surface area contributed by atoms with Gasteiger partial charge in [0, 0.05) is 19.0 Å². The number of alkyl halides is 3. The lowest BCUT2D eigenvalue weighted by Gasteiger charge is -2.19. The molecule has 0 bridgehead atoms. The lowest BCUT2D eigenvalue weighted by Crippen LogP contribution is -2.41. The van der Waals surface area contributed by atoms with Gasteiger partial charge in [0.05, 0.1) is 6.04 Å². The number of halogens is 3. The van der Waals surface area contributed by atoms with E-state index in [1.165, 1.54) is 0 Å². The number of para-hydroxylation sites is 1. The largest absolute Gasteiger partial charge is 0.459 e. The molecule has 1 amide bonds. The Morgan fingerprint density at radius 3 is 2.67 bits per heavy atom. The zero-order chi connectivity index (χ0) is 20.0. The predicted molar refractivity (Wildman–Crippen MR) is 97.4 cm³/mol. The van der Waals surface area contributed by atoms with Gasteiger partial charge in [-0.15, -0.1) is 0 Å². The Balaban J connectivity index is 2.02. The second-order valence-electron chi connectivity index (χ2n) is 6.11. The van der Waals surface area contributed by atoms with Gasteiger partial charge < -0.3 is 20.0 Å². The minimum atomic E-state index is -4.44. The van der Waals surface area contributed by atoms with Gasteiger partial charge in [-0.05, 0) is 26.0 Å². The molecule has 148 valence electrons. The maximum atomic E-state index is 12.4. The molecule has 0 radical (unpaired) electrons. The number of carbonyl (C=O) groups excluding carboxylic acids is 1. The summed E-state index contributed by atoms with van der Waals surface area (Å²) in [6, 6.07) is 9.23. The molecule has 0 aliphatic carbocycles. The van der Waals surface area contributed by atoms with E-state index in [0.29, 0.717) is 23.2 Å². The second kappa shape index (κ2) is 8.79. The summed E-state index contributed by atoms with van der Waals surface area (Å²) in [7, 11) is 1.10. The van der Waals surface area contributed by atoms with Crippen molar-refractivity contribution in [1.82, 2.24) is 15.5 Å². The van der Waals surface area contributed by atoms with Crippen LogP contribution in [0.5, 0.6) is 0 Å². The molecular formula is C18H23F3N4O2. The molecule has 27 heavy (non-hydrogen) atoms. The summed E-state index contributed by atoms with van der Waals surface area (Å²) in [6.45, 7) is 2.55. The second-order valence-corrected chi connectivity index (χ2v) is 6.11. The highest BCUT2D eigenvalue weighted by Crippen LogP contribution is 2.23. The van der Waals surface area contributed by atoms with Gasteiger partial charge >= 0.3 is 6.18 Å². The van der Waals surface area contributed by atoms with Crippen molar-refractivity contribution in [2.45, 2.75) is 26.1 Å². The number of nitrogens with one attached hydrogen (secondary N) is 2. The van der Waals surface area contributed by atoms with Gasteiger partial charge in [0.25, 0.3) is 0 Å². The molecule has 0 saturated carbocycles. The highest BCUT2D eigenvalue weighted by Gasteiger charge is 2.31. The molecule has 0 aliphatic rings. The topological polar surface area (TPSA) is 69.9 Å². The average molecular weight is 384 g/mol. The van der Waals surface area contributed by atoms with Gasteiger partial charge in [-0.25, -0.2) is 4.99 Å². The lowest BCUT2D eigenvalue weighted by atomic mass is 10.2. The molecule has 2 aromatic rings. The van der Waals surface area contributed by atoms with E-state index in [0.717, 1.165) is 18.0 Å². The average Bonchev–Trinajstić information content (AvgIpc) is 3.02. The Labute approximate surface area is 155 Å². The lowest BCUT2D eigenvalue weighted by molar-refractivity contribution is -0.157. The first-order chi connectivity index (χ1) is 12.7. The van der Waals surface area contributed by atoms with E-state index in [2.05, 4.69) is 15.6 Å². The predicted octanol–water partition coefficient (Wildman–Crippen LogP) is 3.07. The SMILES string of the molecule is CCNC(=NCC(=O)N(C)CC(F)(F)F)NC(C)c1cc2ccccc2o1. The van der Waals surface area contributed by atoms with E-state index in [-0.39, 0.29) is 6.04 Å². The van der Waals surface area contributed by atoms with E-state index in [1.807, 2.05) is 44.2 Å². The van der Waals surface area contributed by atoms with Gasteiger partial charge in [0.1, 0.15) is 24.4 Å². The molecular weight excluding hydrogens is 361 g/mol. The fourth-order valence-corrected chi connectivity index (χ4v) is 2.44. The van der Waals surface area contributed by atoms with Crippen molar-refractivity contribution in [3.05, 3.63) is 36.1 Å². The number of nitrogens with zero attached hydrogens (tertiary/aromatic N) is 2. The molecule has 1 unspecified atom stereocenters. The fourth-order valence-electron chi connectivity index (χ4n) is 2.44. The van der Waals surface area contributed by atoms with Gasteiger partial charge in [-0.2, -0.15) is 13.2 Å². The summed E-state index contributed by atoms with van der Waals surface area (Å²) >= 11 is 0. The number of hydrogen-bond acceptors (Lipinski definition) is 3. The van der Waals surface area contributed by atoms with Gasteiger partial charge in [0.2, 0.25) is 5.91 Å². The molecule has 9 heteroatoms. The summed E-state index contributed by atoms with van der Waals surface area (Å²) in [5.74, 6) is 0.280. The summed E-state index contributed by atoms with van der Waals surface area (Å²) in [6.07, 6.45) is -4.44. The van der Waals surface area contributed by atoms with E-state index in [9.17, 15) is 18.0 Å². The standard InChI is InChI=1S/C18H23F3N4O2/c1-4-22-17(23-10-16(26)25(3)11-18(19,20)21)24-12(2)15-9-13-7-5-6-8-14(13)27-15/h5-9,12H,4,10-11H2,1-3H3,(H2,22,23,24). The van der Waals surface area contributed by atoms with Crippen LogP contribution in [0.4, 0.5) is 13.2 Å². The van der Waals surface area contributed by atoms with Crippen LogP contribution in [0.25, 0.3) is 11.0 Å². The number of benzene rings is 1. The monoisotopic (exact) mass is 384 g/mol. The Morgan fingerprint density at radius 2 is 2.04 bits per heavy atom. The Bertz CT molecular complexity index is 768. The van der Waals surface area contributed by atoms with Gasteiger partial charge in [-0.1, -0.05) is 18.2 Å². The Morgan fingerprint density at radius 1 is 1.33 bits per heavy atom. The molecule has 2 N–H and O–H groups in total. The minimum Gasteiger partial charge on any atom is -0.459 e. The van der Waals surface area contributed by atoms with Crippen LogP contribution in [0.2, 0.25) is 0 Å². The first-order valence-corrected chi connectivity index (χ1v) is 8.53. The smallest absolute Gasteiger partial charge is 0.406 e. The molecule has 1 aromatic carbocycles. The zero-order valence-corrected chi connectivity index (χ0v) is 15.4. The van der Waals surface area contributed by atoms with Crippen molar-refractivity contribution >= 4 is 22.8 Å². The third-order valence-corrected chi connectivity index (χ3v) is 3.78. The van der Waals surface area contributed by atoms with Crippen LogP contribution in [-0.4, -0.2) is 49.6 Å². The van der Waals surface area contributed by atoms with Crippen LogP contribution in [0, 0.1) is 0 Å². The number of rotatable bonds is 6. The van der Waals surface area contributed by atoms with E-state index in [4.69, 9.17) is 4.42 Å². The van der Waals surface area contributed by atoms with Crippen molar-refractivity contribution in [2.75, 3.05) is 26.7 Å². The Hall–Kier alpha value is -2.71. The van der Waals surface area contributed by atoms with Crippen molar-refractivity contribution in [1.29, 1.82) is 0 Å². The number of fused-ring (bicyclic) bond motifs is 1. The number of furan rings is 1. The van der Waals surface area contributed by atoms with Crippen LogP contribution in [-0.2, 0) is 4.79 Å². The summed E-state index contributed by atoms with van der Waals surface area (Å²) in [5.41, 5.74) is 0.757. The van der Waals surface area contributed by atoms with Crippen molar-refractivity contribution in [2.24, 2.45) is 4.99 Å². The van der Waals surface area contributed by atoms with Crippen LogP contribution < -0.4 is 10.6 Å². The summed E-state index contributed by atoms with van der Waals surface area (Å²) in [5, 5.41) is 7.02. The number of carbonyl (C=O) groups is 1. The van der Waals surface area contributed by atoms with Crippen LogP contribution >= 0.6 is 0 Å². The fraction of sp³-hybridized carbons (Fsp3) is 0.444. The quantitative estimate of drug-likeness (QED) is 0.593. The van der Waals surface area contributed by atoms with Crippen LogP contribution in [0.15, 0.2) is 39.7 Å². The number of likely N-dealkylation sites (N-methyl/N-ethyl adjacent to an activating group) is 1. The molecule has 1 heterocycles. The van der Waals surface area contributed by atoms with Gasteiger partial charge in [-0.3, -0.25) is 4.79 Å². The molecule has 1 aromatic heterocycles. The van der Waals surface area contributed by atoms with Crippen molar-refractivity contribution < 1.29 is 22.4 Å². The Kier molecular flexibility index (Phi) is 6.70. The highest BCUT2D eigenvalue weighted by molar-refractivity contribution is 5.85. The molecule has 1 atom stereocenters. The van der Waals surface area contributed by atoms with Crippen LogP contribution in [0.3, 0.4) is 0 Å². The van der Waals surface area contributed by atoms with E-state index < -0.39 is 25.2 Å². The first kappa shape index (κ1) is 20.6. The van der Waals surface area contributed by atoms with E-state index in [1.54, 1.807) is 0 Å². The number of amides is 1. The number of aliphatic imine (C=N–C) groups is 1. The number of hydrogen-bond donors (Lipinski definition) is 2. The number of guanidine groups is 1. The molecule has 2 rings (SSSR count). The summed E-state index contributed by atoms with van der Waals surface area (Å²) < 4.78 is 42.9. The normalized spacial score (nSPS) is 13.5. The highest BCUT2D eigenvalue weighted by atomic mass is 19.4. The third kappa shape index (κ3) is 6.19. The first-order valence-electron chi connectivity index (χ1n) is 8.53. The van der Waals surface area contributed by atoms with Crippen LogP contribution in [0.1, 0.15) is 25.6 Å². The molecule has 0 spiro atoms. The maximum Gasteiger partial charge on any atom is 0.406 e. The van der Waals surface area contributed by atoms with Crippen molar-refractivity contribution in [3.8, 4) is 0 Å². The molecule has 0 aliphatic heterocycles. The molecule has 6 nitrogen and oxygen atoms in total. The summed E-state index contributed by atoms with van der Waals surface area (Å²) in [4.78, 5) is 16.5. The maximum absolute atomic E-state index is 12.4. The van der Waals surface area contributed by atoms with Gasteiger partial charge in [0.15, 0.2) is 5.96 Å². The van der Waals surface area contributed by atoms with Crippen molar-refractivity contribution in [3.63, 3.8) is 0 Å². The molecule has 0 saturated heterocycles. The minimum absolute atomic E-state index is 0.252. The zero-order valence-electron chi connectivity index (χ0n) is 15.4. The third-order valence-electron chi connectivity index (χ3n) is 3.78. The van der Waals surface area contributed by atoms with E-state index >= 15 is 0 Å². The molecule has 0 fully saturated rings.